The summed E-state index contributed by atoms with van der Waals surface area (Å²) in [4.78, 5) is 19.8. The van der Waals surface area contributed by atoms with Crippen molar-refractivity contribution in [1.82, 2.24) is 15.3 Å². The quantitative estimate of drug-likeness (QED) is 0.881. The Bertz CT molecular complexity index is 611. The van der Waals surface area contributed by atoms with E-state index in [4.69, 9.17) is 0 Å². The Kier molecular flexibility index (Phi) is 4.89. The van der Waals surface area contributed by atoms with Gasteiger partial charge in [0.05, 0.1) is 17.9 Å². The first-order chi connectivity index (χ1) is 10.1. The molecule has 0 bridgehead atoms. The molecule has 2 N–H and O–H groups in total. The Balaban J connectivity index is 1.84. The maximum absolute atomic E-state index is 13.3. The Morgan fingerprint density at radius 3 is 2.52 bits per heavy atom. The molecule has 0 saturated carbocycles. The van der Waals surface area contributed by atoms with Crippen molar-refractivity contribution in [1.29, 1.82) is 0 Å². The molecule has 7 heteroatoms. The highest BCUT2D eigenvalue weighted by molar-refractivity contribution is 5.92. The third-order valence-corrected chi connectivity index (χ3v) is 2.65. The topological polar surface area (TPSA) is 66.9 Å². The molecule has 5 nitrogen and oxygen atoms in total. The van der Waals surface area contributed by atoms with Crippen LogP contribution in [-0.4, -0.2) is 22.4 Å². The molecule has 0 aliphatic rings. The summed E-state index contributed by atoms with van der Waals surface area (Å²) in [6.45, 7) is 2.06. The van der Waals surface area contributed by atoms with E-state index < -0.39 is 23.2 Å². The summed E-state index contributed by atoms with van der Waals surface area (Å²) in [7, 11) is 0. The number of para-hydroxylation sites is 1. The van der Waals surface area contributed by atoms with E-state index in [0.717, 1.165) is 17.8 Å². The van der Waals surface area contributed by atoms with Crippen LogP contribution in [0.5, 0.6) is 0 Å². The maximum Gasteiger partial charge on any atom is 0.238 e. The summed E-state index contributed by atoms with van der Waals surface area (Å²) in [6.07, 6.45) is 3.21. The molecule has 2 aromatic rings. The SMILES string of the molecule is Cc1cnc(CNCC(=O)Nc2c(F)cccc2F)cn1. The first kappa shape index (κ1) is 15.0. The molecule has 0 atom stereocenters. The van der Waals surface area contributed by atoms with Gasteiger partial charge in [-0.25, -0.2) is 8.78 Å². The van der Waals surface area contributed by atoms with Crippen molar-refractivity contribution in [2.45, 2.75) is 13.5 Å². The van der Waals surface area contributed by atoms with Gasteiger partial charge in [-0.1, -0.05) is 6.07 Å². The summed E-state index contributed by atoms with van der Waals surface area (Å²) in [5, 5.41) is 5.01. The van der Waals surface area contributed by atoms with Crippen molar-refractivity contribution in [3.8, 4) is 0 Å². The largest absolute Gasteiger partial charge is 0.320 e. The highest BCUT2D eigenvalue weighted by Crippen LogP contribution is 2.17. The number of anilines is 1. The van der Waals surface area contributed by atoms with Gasteiger partial charge in [0.1, 0.15) is 17.3 Å². The minimum Gasteiger partial charge on any atom is -0.320 e. The Morgan fingerprint density at radius 2 is 1.90 bits per heavy atom. The van der Waals surface area contributed by atoms with Gasteiger partial charge in [0.2, 0.25) is 5.91 Å². The Labute approximate surface area is 120 Å². The van der Waals surface area contributed by atoms with Crippen molar-refractivity contribution in [2.75, 3.05) is 11.9 Å². The molecular formula is C14H14F2N4O. The zero-order valence-corrected chi connectivity index (χ0v) is 11.4. The number of hydrogen-bond acceptors (Lipinski definition) is 4. The fourth-order valence-electron chi connectivity index (χ4n) is 1.62. The van der Waals surface area contributed by atoms with E-state index in [1.54, 1.807) is 12.4 Å². The molecule has 1 aromatic carbocycles. The molecule has 2 rings (SSSR count). The molecule has 0 aliphatic carbocycles. The van der Waals surface area contributed by atoms with Crippen LogP contribution in [0.4, 0.5) is 14.5 Å². The van der Waals surface area contributed by atoms with Crippen LogP contribution in [0, 0.1) is 18.6 Å². The number of rotatable bonds is 5. The van der Waals surface area contributed by atoms with Gasteiger partial charge in [-0.15, -0.1) is 0 Å². The van der Waals surface area contributed by atoms with Gasteiger partial charge in [0.25, 0.3) is 0 Å². The number of carbonyl (C=O) groups is 1. The van der Waals surface area contributed by atoms with Crippen LogP contribution in [0.1, 0.15) is 11.4 Å². The maximum atomic E-state index is 13.3. The molecule has 1 amide bonds. The van der Waals surface area contributed by atoms with Gasteiger partial charge < -0.3 is 10.6 Å². The number of aryl methyl sites for hydroxylation is 1. The van der Waals surface area contributed by atoms with Crippen LogP contribution in [0.2, 0.25) is 0 Å². The number of carbonyl (C=O) groups excluding carboxylic acids is 1. The Hall–Kier alpha value is -2.41. The van der Waals surface area contributed by atoms with Gasteiger partial charge in [0.15, 0.2) is 0 Å². The molecule has 0 fully saturated rings. The Morgan fingerprint density at radius 1 is 1.19 bits per heavy atom. The van der Waals surface area contributed by atoms with Gasteiger partial charge in [-0.2, -0.15) is 0 Å². The molecule has 21 heavy (non-hydrogen) atoms. The number of aromatic nitrogens is 2. The third kappa shape index (κ3) is 4.28. The molecule has 0 aliphatic heterocycles. The number of hydrogen-bond donors (Lipinski definition) is 2. The predicted molar refractivity (Wildman–Crippen MR) is 73.5 cm³/mol. The van der Waals surface area contributed by atoms with Crippen molar-refractivity contribution >= 4 is 11.6 Å². The molecule has 1 heterocycles. The minimum absolute atomic E-state index is 0.0939. The van der Waals surface area contributed by atoms with Gasteiger partial charge in [0, 0.05) is 18.9 Å². The normalized spacial score (nSPS) is 10.4. The van der Waals surface area contributed by atoms with E-state index in [-0.39, 0.29) is 6.54 Å². The first-order valence-electron chi connectivity index (χ1n) is 6.28. The number of nitrogens with one attached hydrogen (secondary N) is 2. The molecule has 0 radical (unpaired) electrons. The number of halogens is 2. The van der Waals surface area contributed by atoms with Crippen LogP contribution < -0.4 is 10.6 Å². The van der Waals surface area contributed by atoms with E-state index in [1.165, 1.54) is 6.07 Å². The second-order valence-corrected chi connectivity index (χ2v) is 4.40. The van der Waals surface area contributed by atoms with Crippen molar-refractivity contribution in [2.24, 2.45) is 0 Å². The highest BCUT2D eigenvalue weighted by Gasteiger charge is 2.11. The molecule has 0 unspecified atom stereocenters. The molecule has 0 spiro atoms. The molecule has 0 saturated heterocycles. The third-order valence-electron chi connectivity index (χ3n) is 2.65. The van der Waals surface area contributed by atoms with E-state index in [0.29, 0.717) is 12.2 Å². The van der Waals surface area contributed by atoms with Crippen LogP contribution in [0.3, 0.4) is 0 Å². The average Bonchev–Trinajstić information content (AvgIpc) is 2.45. The highest BCUT2D eigenvalue weighted by atomic mass is 19.1. The van der Waals surface area contributed by atoms with E-state index in [9.17, 15) is 13.6 Å². The number of benzene rings is 1. The summed E-state index contributed by atoms with van der Waals surface area (Å²) in [6, 6.07) is 3.39. The van der Waals surface area contributed by atoms with E-state index >= 15 is 0 Å². The lowest BCUT2D eigenvalue weighted by atomic mass is 10.3. The average molecular weight is 292 g/mol. The fraction of sp³-hybridized carbons (Fsp3) is 0.214. The van der Waals surface area contributed by atoms with Gasteiger partial charge in [-0.05, 0) is 19.1 Å². The summed E-state index contributed by atoms with van der Waals surface area (Å²) in [5.74, 6) is -2.17. The first-order valence-corrected chi connectivity index (χ1v) is 6.28. The van der Waals surface area contributed by atoms with Crippen LogP contribution in [0.15, 0.2) is 30.6 Å². The van der Waals surface area contributed by atoms with E-state index in [2.05, 4.69) is 20.6 Å². The standard InChI is InChI=1S/C14H14F2N4O/c1-9-5-19-10(7-18-9)6-17-8-13(21)20-14-11(15)3-2-4-12(14)16/h2-5,7,17H,6,8H2,1H3,(H,20,21). The number of nitrogens with zero attached hydrogens (tertiary/aromatic N) is 2. The molecule has 1 aromatic heterocycles. The lowest BCUT2D eigenvalue weighted by Gasteiger charge is -2.08. The lowest BCUT2D eigenvalue weighted by molar-refractivity contribution is -0.115. The second kappa shape index (κ2) is 6.85. The van der Waals surface area contributed by atoms with Crippen LogP contribution in [-0.2, 0) is 11.3 Å². The molecular weight excluding hydrogens is 278 g/mol. The van der Waals surface area contributed by atoms with Gasteiger partial charge >= 0.3 is 0 Å². The minimum atomic E-state index is -0.812. The second-order valence-electron chi connectivity index (χ2n) is 4.40. The zero-order chi connectivity index (χ0) is 15.2. The zero-order valence-electron chi connectivity index (χ0n) is 11.4. The number of amides is 1. The monoisotopic (exact) mass is 292 g/mol. The fourth-order valence-corrected chi connectivity index (χ4v) is 1.62. The smallest absolute Gasteiger partial charge is 0.238 e. The van der Waals surface area contributed by atoms with Crippen LogP contribution in [0.25, 0.3) is 0 Å². The summed E-state index contributed by atoms with van der Waals surface area (Å²) < 4.78 is 26.7. The van der Waals surface area contributed by atoms with Crippen molar-refractivity contribution < 1.29 is 13.6 Å². The van der Waals surface area contributed by atoms with Crippen molar-refractivity contribution in [3.05, 3.63) is 53.6 Å². The van der Waals surface area contributed by atoms with Gasteiger partial charge in [-0.3, -0.25) is 14.8 Å². The van der Waals surface area contributed by atoms with Crippen molar-refractivity contribution in [3.63, 3.8) is 0 Å². The van der Waals surface area contributed by atoms with E-state index in [1.807, 2.05) is 6.92 Å². The molecule has 110 valence electrons. The van der Waals surface area contributed by atoms with Crippen LogP contribution >= 0.6 is 0 Å². The predicted octanol–water partition coefficient (Wildman–Crippen LogP) is 1.79. The summed E-state index contributed by atoms with van der Waals surface area (Å²) in [5.41, 5.74) is 1.02. The lowest BCUT2D eigenvalue weighted by Crippen LogP contribution is -2.28. The summed E-state index contributed by atoms with van der Waals surface area (Å²) >= 11 is 0.